The number of benzene rings is 1. The summed E-state index contributed by atoms with van der Waals surface area (Å²) in [5, 5.41) is 6.64. The van der Waals surface area contributed by atoms with E-state index in [1.54, 1.807) is 0 Å². The standard InChI is InChI=1S/C20H29FN4O3.HI/c1-3-18(26)25-8-6-17(11-25)24-20(22-4-2)23-7-5-14-9-16(21)10-15-12-27-13-28-19(14)15;/h9-10,17H,3-8,11-13H2,1-2H3,(H2,22,23,24);1H. The Morgan fingerprint density at radius 1 is 1.38 bits per heavy atom. The van der Waals surface area contributed by atoms with Crippen LogP contribution in [0.5, 0.6) is 5.75 Å². The summed E-state index contributed by atoms with van der Waals surface area (Å²) in [6, 6.07) is 3.15. The molecule has 0 aliphatic carbocycles. The van der Waals surface area contributed by atoms with Crippen LogP contribution in [0, 0.1) is 5.82 Å². The summed E-state index contributed by atoms with van der Waals surface area (Å²) in [5.74, 6) is 1.33. The van der Waals surface area contributed by atoms with Crippen molar-refractivity contribution in [3.8, 4) is 5.75 Å². The molecule has 2 aliphatic heterocycles. The van der Waals surface area contributed by atoms with Crippen molar-refractivity contribution in [2.75, 3.05) is 33.0 Å². The van der Waals surface area contributed by atoms with E-state index in [-0.39, 0.29) is 48.5 Å². The molecule has 1 atom stereocenters. The zero-order valence-corrected chi connectivity index (χ0v) is 19.3. The van der Waals surface area contributed by atoms with Gasteiger partial charge in [-0.1, -0.05) is 6.92 Å². The molecule has 2 heterocycles. The third-order valence-electron chi connectivity index (χ3n) is 4.93. The Kier molecular flexibility index (Phi) is 9.41. The van der Waals surface area contributed by atoms with Crippen LogP contribution in [0.15, 0.2) is 17.1 Å². The SMILES string of the molecule is CCNC(=NCCc1cc(F)cc2c1OCOC2)NC1CCN(C(=O)CC)C1.I. The lowest BCUT2D eigenvalue weighted by atomic mass is 10.1. The summed E-state index contributed by atoms with van der Waals surface area (Å²) >= 11 is 0. The number of guanidine groups is 1. The van der Waals surface area contributed by atoms with E-state index < -0.39 is 0 Å². The minimum Gasteiger partial charge on any atom is -0.467 e. The molecule has 0 saturated carbocycles. The number of fused-ring (bicyclic) bond motifs is 1. The zero-order chi connectivity index (χ0) is 19.9. The lowest BCUT2D eigenvalue weighted by Gasteiger charge is -2.21. The normalized spacial score (nSPS) is 18.5. The van der Waals surface area contributed by atoms with Gasteiger partial charge < -0.3 is 25.0 Å². The van der Waals surface area contributed by atoms with Crippen LogP contribution >= 0.6 is 24.0 Å². The number of rotatable bonds is 6. The second-order valence-electron chi connectivity index (χ2n) is 7.00. The van der Waals surface area contributed by atoms with E-state index >= 15 is 0 Å². The number of hydrogen-bond donors (Lipinski definition) is 2. The van der Waals surface area contributed by atoms with Gasteiger partial charge in [0.05, 0.1) is 6.61 Å². The second kappa shape index (κ2) is 11.5. The third-order valence-corrected chi connectivity index (χ3v) is 4.93. The minimum atomic E-state index is -0.288. The van der Waals surface area contributed by atoms with Crippen LogP contribution in [0.4, 0.5) is 4.39 Å². The summed E-state index contributed by atoms with van der Waals surface area (Å²) in [4.78, 5) is 18.4. The van der Waals surface area contributed by atoms with E-state index in [9.17, 15) is 9.18 Å². The topological polar surface area (TPSA) is 75.2 Å². The van der Waals surface area contributed by atoms with Gasteiger partial charge in [0.25, 0.3) is 0 Å². The molecule has 1 fully saturated rings. The molecule has 162 valence electrons. The molecule has 0 spiro atoms. The molecule has 1 amide bonds. The number of likely N-dealkylation sites (tertiary alicyclic amines) is 1. The predicted molar refractivity (Wildman–Crippen MR) is 120 cm³/mol. The molecule has 0 bridgehead atoms. The smallest absolute Gasteiger partial charge is 0.222 e. The quantitative estimate of drug-likeness (QED) is 0.343. The van der Waals surface area contributed by atoms with Crippen molar-refractivity contribution in [3.63, 3.8) is 0 Å². The Hall–Kier alpha value is -1.62. The van der Waals surface area contributed by atoms with Gasteiger partial charge in [0.1, 0.15) is 11.6 Å². The first-order chi connectivity index (χ1) is 13.6. The molecule has 1 aromatic carbocycles. The van der Waals surface area contributed by atoms with E-state index in [1.807, 2.05) is 18.7 Å². The van der Waals surface area contributed by atoms with Crippen molar-refractivity contribution >= 4 is 35.8 Å². The molecule has 9 heteroatoms. The molecule has 2 N–H and O–H groups in total. The molecule has 3 rings (SSSR count). The fraction of sp³-hybridized carbons (Fsp3) is 0.600. The molecule has 1 unspecified atom stereocenters. The monoisotopic (exact) mass is 520 g/mol. The molecule has 2 aliphatic rings. The summed E-state index contributed by atoms with van der Waals surface area (Å²) in [6.07, 6.45) is 2.01. The van der Waals surface area contributed by atoms with Crippen molar-refractivity contribution in [3.05, 3.63) is 29.1 Å². The van der Waals surface area contributed by atoms with Crippen molar-refractivity contribution in [2.45, 2.75) is 45.8 Å². The number of carbonyl (C=O) groups is 1. The van der Waals surface area contributed by atoms with Crippen molar-refractivity contribution in [1.29, 1.82) is 0 Å². The van der Waals surface area contributed by atoms with Crippen molar-refractivity contribution in [2.24, 2.45) is 4.99 Å². The van der Waals surface area contributed by atoms with Crippen LogP contribution in [-0.2, 0) is 22.6 Å². The molecular weight excluding hydrogens is 490 g/mol. The fourth-order valence-electron chi connectivity index (χ4n) is 3.57. The Morgan fingerprint density at radius 2 is 2.21 bits per heavy atom. The minimum absolute atomic E-state index is 0. The largest absolute Gasteiger partial charge is 0.467 e. The van der Waals surface area contributed by atoms with Crippen LogP contribution in [0.2, 0.25) is 0 Å². The van der Waals surface area contributed by atoms with Crippen LogP contribution in [-0.4, -0.2) is 55.8 Å². The Morgan fingerprint density at radius 3 is 2.97 bits per heavy atom. The maximum Gasteiger partial charge on any atom is 0.222 e. The van der Waals surface area contributed by atoms with Crippen LogP contribution in [0.1, 0.15) is 37.8 Å². The van der Waals surface area contributed by atoms with Crippen LogP contribution in [0.25, 0.3) is 0 Å². The van der Waals surface area contributed by atoms with Crippen LogP contribution in [0.3, 0.4) is 0 Å². The molecular formula is C20H30FIN4O3. The van der Waals surface area contributed by atoms with Gasteiger partial charge in [-0.2, -0.15) is 0 Å². The lowest BCUT2D eigenvalue weighted by molar-refractivity contribution is -0.129. The number of halogens is 2. The highest BCUT2D eigenvalue weighted by molar-refractivity contribution is 14.0. The average Bonchev–Trinajstić information content (AvgIpc) is 3.16. The van der Waals surface area contributed by atoms with Crippen molar-refractivity contribution in [1.82, 2.24) is 15.5 Å². The number of ether oxygens (including phenoxy) is 2. The molecule has 1 aromatic rings. The zero-order valence-electron chi connectivity index (χ0n) is 17.0. The van der Waals surface area contributed by atoms with Gasteiger partial charge in [0.15, 0.2) is 12.8 Å². The van der Waals surface area contributed by atoms with Gasteiger partial charge in [-0.25, -0.2) is 4.39 Å². The van der Waals surface area contributed by atoms with E-state index in [1.165, 1.54) is 12.1 Å². The molecule has 7 nitrogen and oxygen atoms in total. The number of nitrogens with zero attached hydrogens (tertiary/aromatic N) is 2. The maximum atomic E-state index is 13.9. The second-order valence-corrected chi connectivity index (χ2v) is 7.00. The van der Waals surface area contributed by atoms with Crippen LogP contribution < -0.4 is 15.4 Å². The summed E-state index contributed by atoms with van der Waals surface area (Å²) in [6.45, 7) is 7.16. The summed E-state index contributed by atoms with van der Waals surface area (Å²) in [5.41, 5.74) is 1.54. The Labute approximate surface area is 188 Å². The highest BCUT2D eigenvalue weighted by atomic mass is 127. The van der Waals surface area contributed by atoms with E-state index in [0.29, 0.717) is 44.2 Å². The first kappa shape index (κ1) is 23.7. The van der Waals surface area contributed by atoms with Gasteiger partial charge in [0, 0.05) is 44.2 Å². The first-order valence-corrected chi connectivity index (χ1v) is 9.95. The fourth-order valence-corrected chi connectivity index (χ4v) is 3.57. The Balaban J connectivity index is 0.00000300. The molecule has 29 heavy (non-hydrogen) atoms. The predicted octanol–water partition coefficient (Wildman–Crippen LogP) is 2.42. The molecule has 0 aromatic heterocycles. The summed E-state index contributed by atoms with van der Waals surface area (Å²) < 4.78 is 24.6. The first-order valence-electron chi connectivity index (χ1n) is 9.95. The van der Waals surface area contributed by atoms with Gasteiger partial charge >= 0.3 is 0 Å². The highest BCUT2D eigenvalue weighted by Crippen LogP contribution is 2.29. The maximum absolute atomic E-state index is 13.9. The average molecular weight is 520 g/mol. The highest BCUT2D eigenvalue weighted by Gasteiger charge is 2.25. The van der Waals surface area contributed by atoms with Crippen molar-refractivity contribution < 1.29 is 18.7 Å². The van der Waals surface area contributed by atoms with Gasteiger partial charge in [-0.15, -0.1) is 24.0 Å². The number of nitrogens with one attached hydrogen (secondary N) is 2. The van der Waals surface area contributed by atoms with Gasteiger partial charge in [0.2, 0.25) is 5.91 Å². The number of hydrogen-bond acceptors (Lipinski definition) is 4. The number of aliphatic imine (C=N–C) groups is 1. The lowest BCUT2D eigenvalue weighted by Crippen LogP contribution is -2.45. The number of carbonyl (C=O) groups excluding carboxylic acids is 1. The molecule has 0 radical (unpaired) electrons. The third kappa shape index (κ3) is 6.43. The van der Waals surface area contributed by atoms with E-state index in [2.05, 4.69) is 15.6 Å². The Bertz CT molecular complexity index is 732. The van der Waals surface area contributed by atoms with Gasteiger partial charge in [-0.3, -0.25) is 9.79 Å². The van der Waals surface area contributed by atoms with E-state index in [0.717, 1.165) is 30.6 Å². The molecule has 1 saturated heterocycles. The number of amides is 1. The van der Waals surface area contributed by atoms with Gasteiger partial charge in [-0.05, 0) is 37.5 Å². The summed E-state index contributed by atoms with van der Waals surface area (Å²) in [7, 11) is 0. The van der Waals surface area contributed by atoms with E-state index in [4.69, 9.17) is 9.47 Å².